The van der Waals surface area contributed by atoms with Gasteiger partial charge in [0.15, 0.2) is 0 Å². The minimum atomic E-state index is -0.102. The van der Waals surface area contributed by atoms with Crippen molar-refractivity contribution in [1.29, 1.82) is 0 Å². The summed E-state index contributed by atoms with van der Waals surface area (Å²) in [7, 11) is 0. The van der Waals surface area contributed by atoms with Crippen LogP contribution in [0.15, 0.2) is 24.3 Å². The fourth-order valence-electron chi connectivity index (χ4n) is 0.932. The zero-order valence-corrected chi connectivity index (χ0v) is 7.49. The summed E-state index contributed by atoms with van der Waals surface area (Å²) >= 11 is 1.65. The molecular weight excluding hydrogens is 159 g/mol. The molecule has 0 radical (unpaired) electrons. The Bertz CT molecular complexity index is 235. The van der Waals surface area contributed by atoms with Gasteiger partial charge in [0.25, 0.3) is 0 Å². The van der Waals surface area contributed by atoms with Gasteiger partial charge in [-0.05, 0) is 19.2 Å². The molecule has 1 unspecified atom stereocenters. The van der Waals surface area contributed by atoms with E-state index in [1.54, 1.807) is 17.8 Å². The molecule has 0 saturated heterocycles. The molecule has 0 N–H and O–H groups in total. The van der Waals surface area contributed by atoms with Gasteiger partial charge in [0.2, 0.25) is 0 Å². The molecule has 1 rings (SSSR count). The Morgan fingerprint density at radius 3 is 2.55 bits per heavy atom. The molecule has 0 nitrogen and oxygen atoms in total. The predicted octanol–water partition coefficient (Wildman–Crippen LogP) is 3.25. The molecule has 0 aromatic heterocycles. The molecule has 0 bridgehead atoms. The van der Waals surface area contributed by atoms with Gasteiger partial charge < -0.3 is 0 Å². The lowest BCUT2D eigenvalue weighted by Gasteiger charge is -2.08. The summed E-state index contributed by atoms with van der Waals surface area (Å²) in [6.45, 7) is 2.00. The summed E-state index contributed by atoms with van der Waals surface area (Å²) in [6.07, 6.45) is 1.98. The fraction of sp³-hybridized carbons (Fsp3) is 0.333. The highest BCUT2D eigenvalue weighted by Crippen LogP contribution is 2.27. The largest absolute Gasteiger partial charge is 0.207 e. The van der Waals surface area contributed by atoms with Crippen molar-refractivity contribution in [1.82, 2.24) is 0 Å². The second kappa shape index (κ2) is 3.77. The van der Waals surface area contributed by atoms with Crippen LogP contribution in [-0.2, 0) is 0 Å². The van der Waals surface area contributed by atoms with Crippen LogP contribution in [0.25, 0.3) is 0 Å². The first-order valence-corrected chi connectivity index (χ1v) is 4.81. The maximum absolute atomic E-state index is 13.0. The molecule has 0 aliphatic rings. The van der Waals surface area contributed by atoms with Gasteiger partial charge in [0, 0.05) is 10.8 Å². The van der Waals surface area contributed by atoms with Crippen molar-refractivity contribution in [2.24, 2.45) is 0 Å². The van der Waals surface area contributed by atoms with Crippen molar-refractivity contribution in [3.8, 4) is 0 Å². The highest BCUT2D eigenvalue weighted by molar-refractivity contribution is 7.98. The molecule has 0 aliphatic carbocycles. The Morgan fingerprint density at radius 2 is 2.00 bits per heavy atom. The van der Waals surface area contributed by atoms with Gasteiger partial charge in [-0.3, -0.25) is 0 Å². The van der Waals surface area contributed by atoms with Gasteiger partial charge in [-0.2, -0.15) is 11.8 Å². The molecule has 1 aromatic rings. The minimum Gasteiger partial charge on any atom is -0.207 e. The van der Waals surface area contributed by atoms with E-state index in [1.165, 1.54) is 6.07 Å². The number of benzene rings is 1. The molecule has 11 heavy (non-hydrogen) atoms. The van der Waals surface area contributed by atoms with E-state index in [2.05, 4.69) is 0 Å². The Balaban J connectivity index is 2.93. The predicted molar refractivity (Wildman–Crippen MR) is 48.3 cm³/mol. The van der Waals surface area contributed by atoms with E-state index in [0.717, 1.165) is 5.56 Å². The fourth-order valence-corrected chi connectivity index (χ4v) is 1.38. The minimum absolute atomic E-state index is 0.102. The Morgan fingerprint density at radius 1 is 1.36 bits per heavy atom. The van der Waals surface area contributed by atoms with Crippen molar-refractivity contribution >= 4 is 11.8 Å². The number of thioether (sulfide) groups is 1. The molecule has 0 amide bonds. The molecule has 0 saturated carbocycles. The Hall–Kier alpha value is -0.500. The molecule has 1 aromatic carbocycles. The number of halogens is 1. The molecule has 2 heteroatoms. The lowest BCUT2D eigenvalue weighted by Crippen LogP contribution is -1.91. The molecule has 1 atom stereocenters. The quantitative estimate of drug-likeness (QED) is 0.656. The van der Waals surface area contributed by atoms with Crippen LogP contribution >= 0.6 is 11.8 Å². The summed E-state index contributed by atoms with van der Waals surface area (Å²) < 4.78 is 13.0. The van der Waals surface area contributed by atoms with Crippen LogP contribution in [0.4, 0.5) is 4.39 Å². The van der Waals surface area contributed by atoms with E-state index in [9.17, 15) is 4.39 Å². The van der Waals surface area contributed by atoms with E-state index in [-0.39, 0.29) is 11.1 Å². The molecule has 0 heterocycles. The van der Waals surface area contributed by atoms with Crippen molar-refractivity contribution in [2.75, 3.05) is 6.26 Å². The highest BCUT2D eigenvalue weighted by atomic mass is 32.2. The van der Waals surface area contributed by atoms with Crippen molar-refractivity contribution < 1.29 is 4.39 Å². The van der Waals surface area contributed by atoms with Crippen LogP contribution < -0.4 is 0 Å². The number of rotatable bonds is 2. The second-order valence-electron chi connectivity index (χ2n) is 2.40. The summed E-state index contributed by atoms with van der Waals surface area (Å²) in [5, 5.41) is 0.246. The summed E-state index contributed by atoms with van der Waals surface area (Å²) in [4.78, 5) is 0. The van der Waals surface area contributed by atoms with Crippen LogP contribution in [0.3, 0.4) is 0 Å². The van der Waals surface area contributed by atoms with Gasteiger partial charge in [-0.1, -0.05) is 18.2 Å². The first-order chi connectivity index (χ1) is 5.25. The third kappa shape index (κ3) is 1.96. The van der Waals surface area contributed by atoms with Crippen LogP contribution in [0.1, 0.15) is 17.7 Å². The first kappa shape index (κ1) is 8.60. The van der Waals surface area contributed by atoms with E-state index in [0.29, 0.717) is 0 Å². The van der Waals surface area contributed by atoms with Gasteiger partial charge in [0.1, 0.15) is 5.82 Å². The van der Waals surface area contributed by atoms with E-state index in [1.807, 2.05) is 25.3 Å². The van der Waals surface area contributed by atoms with Crippen LogP contribution in [0.5, 0.6) is 0 Å². The lowest BCUT2D eigenvalue weighted by molar-refractivity contribution is 0.611. The van der Waals surface area contributed by atoms with E-state index in [4.69, 9.17) is 0 Å². The highest BCUT2D eigenvalue weighted by Gasteiger charge is 2.07. The summed E-state index contributed by atoms with van der Waals surface area (Å²) in [6, 6.07) is 6.91. The SMILES string of the molecule is CSC(C)c1ccccc1F. The van der Waals surface area contributed by atoms with Gasteiger partial charge >= 0.3 is 0 Å². The Labute approximate surface area is 70.8 Å². The summed E-state index contributed by atoms with van der Waals surface area (Å²) in [5.74, 6) is -0.102. The van der Waals surface area contributed by atoms with Crippen LogP contribution in [0, 0.1) is 5.82 Å². The smallest absolute Gasteiger partial charge is 0.127 e. The van der Waals surface area contributed by atoms with E-state index < -0.39 is 0 Å². The van der Waals surface area contributed by atoms with Gasteiger partial charge in [0.05, 0.1) is 0 Å². The van der Waals surface area contributed by atoms with Crippen molar-refractivity contribution in [2.45, 2.75) is 12.2 Å². The molecule has 60 valence electrons. The standard InChI is InChI=1S/C9H11FS/c1-7(11-2)8-5-3-4-6-9(8)10/h3-7H,1-2H3. The maximum Gasteiger partial charge on any atom is 0.127 e. The third-order valence-electron chi connectivity index (χ3n) is 1.70. The first-order valence-electron chi connectivity index (χ1n) is 3.53. The maximum atomic E-state index is 13.0. The van der Waals surface area contributed by atoms with Crippen LogP contribution in [-0.4, -0.2) is 6.26 Å². The summed E-state index contributed by atoms with van der Waals surface area (Å²) in [5.41, 5.74) is 0.792. The van der Waals surface area contributed by atoms with Gasteiger partial charge in [-0.15, -0.1) is 0 Å². The van der Waals surface area contributed by atoms with Gasteiger partial charge in [-0.25, -0.2) is 4.39 Å². The third-order valence-corrected chi connectivity index (χ3v) is 2.66. The van der Waals surface area contributed by atoms with Crippen molar-refractivity contribution in [3.63, 3.8) is 0 Å². The molecule has 0 fully saturated rings. The average molecular weight is 170 g/mol. The zero-order chi connectivity index (χ0) is 8.27. The van der Waals surface area contributed by atoms with Crippen molar-refractivity contribution in [3.05, 3.63) is 35.6 Å². The second-order valence-corrected chi connectivity index (χ2v) is 3.58. The lowest BCUT2D eigenvalue weighted by atomic mass is 10.1. The normalized spacial score (nSPS) is 13.0. The average Bonchev–Trinajstić information content (AvgIpc) is 2.04. The molecular formula is C9H11FS. The topological polar surface area (TPSA) is 0 Å². The zero-order valence-electron chi connectivity index (χ0n) is 6.67. The van der Waals surface area contributed by atoms with Crippen LogP contribution in [0.2, 0.25) is 0 Å². The van der Waals surface area contributed by atoms with E-state index >= 15 is 0 Å². The molecule has 0 spiro atoms. The number of hydrogen-bond acceptors (Lipinski definition) is 1. The monoisotopic (exact) mass is 170 g/mol. The Kier molecular flexibility index (Phi) is 2.94. The number of hydrogen-bond donors (Lipinski definition) is 0. The molecule has 0 aliphatic heterocycles.